The van der Waals surface area contributed by atoms with Gasteiger partial charge in [0.15, 0.2) is 5.65 Å². The Morgan fingerprint density at radius 1 is 1.47 bits per heavy atom. The van der Waals surface area contributed by atoms with Gasteiger partial charge in [-0.3, -0.25) is 4.55 Å². The van der Waals surface area contributed by atoms with Gasteiger partial charge in [-0.25, -0.2) is 13.2 Å². The average molecular weight is 329 g/mol. The van der Waals surface area contributed by atoms with Crippen LogP contribution in [0.1, 0.15) is 5.69 Å². The first-order valence-electron chi connectivity index (χ1n) is 4.17. The lowest BCUT2D eigenvalue weighted by molar-refractivity contribution is -0.141. The minimum atomic E-state index is -4.72. The third-order valence-electron chi connectivity index (χ3n) is 2.05. The molecule has 92 valence electrons. The van der Waals surface area contributed by atoms with Crippen LogP contribution < -0.4 is 0 Å². The number of alkyl halides is 3. The quantitative estimate of drug-likeness (QED) is 0.819. The molecule has 0 saturated heterocycles. The number of nitrogens with zero attached hydrogens (tertiary/aromatic N) is 2. The SMILES string of the molecule is O=S(O)n1c(C(F)(F)F)cc2c(Br)ccnc21. The van der Waals surface area contributed by atoms with Gasteiger partial charge in [0.1, 0.15) is 5.69 Å². The predicted octanol–water partition coefficient (Wildman–Crippen LogP) is 2.80. The van der Waals surface area contributed by atoms with Gasteiger partial charge in [0.25, 0.3) is 11.3 Å². The molecule has 0 amide bonds. The summed E-state index contributed by atoms with van der Waals surface area (Å²) in [5.74, 6) is 0. The van der Waals surface area contributed by atoms with E-state index in [0.29, 0.717) is 4.47 Å². The molecule has 0 aliphatic carbocycles. The lowest BCUT2D eigenvalue weighted by Gasteiger charge is -2.07. The first-order valence-corrected chi connectivity index (χ1v) is 6.02. The summed E-state index contributed by atoms with van der Waals surface area (Å²) in [4.78, 5) is 3.68. The first-order chi connectivity index (χ1) is 7.82. The van der Waals surface area contributed by atoms with Crippen molar-refractivity contribution in [1.82, 2.24) is 8.96 Å². The molecule has 17 heavy (non-hydrogen) atoms. The number of hydrogen-bond acceptors (Lipinski definition) is 2. The zero-order chi connectivity index (χ0) is 12.8. The van der Waals surface area contributed by atoms with Crippen LogP contribution in [0.2, 0.25) is 0 Å². The second-order valence-corrected chi connectivity index (χ2v) is 4.76. The molecule has 2 rings (SSSR count). The summed E-state index contributed by atoms with van der Waals surface area (Å²) in [7, 11) is 0. The highest BCUT2D eigenvalue weighted by Gasteiger charge is 2.37. The van der Waals surface area contributed by atoms with Crippen LogP contribution in [0, 0.1) is 0 Å². The van der Waals surface area contributed by atoms with Gasteiger partial charge in [-0.05, 0) is 28.1 Å². The molecular weight excluding hydrogens is 325 g/mol. The van der Waals surface area contributed by atoms with Crippen LogP contribution in [0.4, 0.5) is 13.2 Å². The Morgan fingerprint density at radius 3 is 2.65 bits per heavy atom. The van der Waals surface area contributed by atoms with E-state index in [1.165, 1.54) is 12.3 Å². The van der Waals surface area contributed by atoms with Gasteiger partial charge in [0, 0.05) is 16.1 Å². The average Bonchev–Trinajstić information content (AvgIpc) is 2.57. The third-order valence-corrected chi connectivity index (χ3v) is 3.43. The molecular formula is C8H4BrF3N2O2S. The van der Waals surface area contributed by atoms with E-state index in [1.54, 1.807) is 0 Å². The summed E-state index contributed by atoms with van der Waals surface area (Å²) >= 11 is 0.234. The standard InChI is InChI=1S/C8H4BrF3N2O2S/c9-5-1-2-13-7-4(5)3-6(8(10,11)12)14(7)17(15)16/h1-3H,(H,15,16). The van der Waals surface area contributed by atoms with Crippen LogP contribution in [0.15, 0.2) is 22.8 Å². The fraction of sp³-hybridized carbons (Fsp3) is 0.125. The molecule has 1 N–H and O–H groups in total. The minimum Gasteiger partial charge on any atom is -0.289 e. The molecule has 0 aliphatic rings. The van der Waals surface area contributed by atoms with Crippen molar-refractivity contribution in [3.63, 3.8) is 0 Å². The number of rotatable bonds is 1. The largest absolute Gasteiger partial charge is 0.432 e. The third kappa shape index (κ3) is 2.09. The van der Waals surface area contributed by atoms with E-state index in [1.807, 2.05) is 0 Å². The van der Waals surface area contributed by atoms with Crippen LogP contribution in [0.25, 0.3) is 11.0 Å². The van der Waals surface area contributed by atoms with Gasteiger partial charge in [-0.1, -0.05) is 0 Å². The highest BCUT2D eigenvalue weighted by atomic mass is 79.9. The Morgan fingerprint density at radius 2 is 2.12 bits per heavy atom. The van der Waals surface area contributed by atoms with Crippen molar-refractivity contribution in [2.24, 2.45) is 0 Å². The van der Waals surface area contributed by atoms with E-state index in [9.17, 15) is 17.4 Å². The van der Waals surface area contributed by atoms with Gasteiger partial charge in [-0.2, -0.15) is 13.2 Å². The van der Waals surface area contributed by atoms with Crippen LogP contribution in [-0.2, 0) is 17.4 Å². The van der Waals surface area contributed by atoms with E-state index >= 15 is 0 Å². The summed E-state index contributed by atoms with van der Waals surface area (Å²) in [6, 6.07) is 2.23. The highest BCUT2D eigenvalue weighted by Crippen LogP contribution is 2.35. The molecule has 0 bridgehead atoms. The summed E-state index contributed by atoms with van der Waals surface area (Å²) in [5.41, 5.74) is -1.42. The van der Waals surface area contributed by atoms with E-state index < -0.39 is 23.1 Å². The van der Waals surface area contributed by atoms with E-state index in [0.717, 1.165) is 6.07 Å². The Balaban J connectivity index is 2.90. The second kappa shape index (κ2) is 4.07. The molecule has 2 aromatic rings. The molecule has 9 heteroatoms. The maximum absolute atomic E-state index is 12.7. The Labute approximate surface area is 104 Å². The van der Waals surface area contributed by atoms with Crippen molar-refractivity contribution in [1.29, 1.82) is 0 Å². The molecule has 2 aromatic heterocycles. The summed E-state index contributed by atoms with van der Waals surface area (Å²) in [6.45, 7) is 0. The fourth-order valence-corrected chi connectivity index (χ4v) is 2.43. The monoisotopic (exact) mass is 328 g/mol. The van der Waals surface area contributed by atoms with Crippen molar-refractivity contribution >= 4 is 38.2 Å². The number of hydrogen-bond donors (Lipinski definition) is 1. The van der Waals surface area contributed by atoms with Crippen LogP contribution in [0.5, 0.6) is 0 Å². The zero-order valence-electron chi connectivity index (χ0n) is 7.90. The Bertz CT molecular complexity index is 611. The fourth-order valence-electron chi connectivity index (χ4n) is 1.40. The lowest BCUT2D eigenvalue weighted by atomic mass is 10.3. The number of pyridine rings is 1. The van der Waals surface area contributed by atoms with Gasteiger partial charge in [0.05, 0.1) is 0 Å². The van der Waals surface area contributed by atoms with E-state index in [-0.39, 0.29) is 15.0 Å². The van der Waals surface area contributed by atoms with Gasteiger partial charge < -0.3 is 0 Å². The van der Waals surface area contributed by atoms with Gasteiger partial charge >= 0.3 is 6.18 Å². The van der Waals surface area contributed by atoms with E-state index in [2.05, 4.69) is 20.9 Å². The van der Waals surface area contributed by atoms with Crippen molar-refractivity contribution in [3.8, 4) is 0 Å². The first kappa shape index (κ1) is 12.5. The molecule has 1 unspecified atom stereocenters. The molecule has 0 aromatic carbocycles. The Hall–Kier alpha value is -0.930. The highest BCUT2D eigenvalue weighted by molar-refractivity contribution is 9.10. The van der Waals surface area contributed by atoms with Crippen molar-refractivity contribution in [3.05, 3.63) is 28.5 Å². The van der Waals surface area contributed by atoms with Crippen molar-refractivity contribution < 1.29 is 21.9 Å². The number of aromatic nitrogens is 2. The van der Waals surface area contributed by atoms with E-state index in [4.69, 9.17) is 4.55 Å². The van der Waals surface area contributed by atoms with Gasteiger partial charge in [0.2, 0.25) is 0 Å². The molecule has 0 radical (unpaired) electrons. The normalized spacial score (nSPS) is 14.2. The second-order valence-electron chi connectivity index (χ2n) is 3.08. The van der Waals surface area contributed by atoms with Crippen molar-refractivity contribution in [2.45, 2.75) is 6.18 Å². The predicted molar refractivity (Wildman–Crippen MR) is 58.6 cm³/mol. The molecule has 1 atom stereocenters. The van der Waals surface area contributed by atoms with Crippen LogP contribution in [0.3, 0.4) is 0 Å². The maximum atomic E-state index is 12.7. The maximum Gasteiger partial charge on any atom is 0.432 e. The minimum absolute atomic E-state index is 0.127. The van der Waals surface area contributed by atoms with Crippen LogP contribution in [-0.4, -0.2) is 17.7 Å². The molecule has 0 saturated carbocycles. The number of fused-ring (bicyclic) bond motifs is 1. The van der Waals surface area contributed by atoms with Crippen LogP contribution >= 0.6 is 15.9 Å². The van der Waals surface area contributed by atoms with Gasteiger partial charge in [-0.15, -0.1) is 0 Å². The molecule has 2 heterocycles. The lowest BCUT2D eigenvalue weighted by Crippen LogP contribution is -2.16. The number of halogens is 4. The molecule has 0 spiro atoms. The summed E-state index contributed by atoms with van der Waals surface area (Å²) < 4.78 is 58.5. The zero-order valence-corrected chi connectivity index (χ0v) is 10.3. The van der Waals surface area contributed by atoms with Crippen molar-refractivity contribution in [2.75, 3.05) is 0 Å². The summed E-state index contributed by atoms with van der Waals surface area (Å²) in [6.07, 6.45) is -3.48. The molecule has 0 fully saturated rings. The summed E-state index contributed by atoms with van der Waals surface area (Å²) in [5, 5.41) is 0.127. The molecule has 0 aliphatic heterocycles. The smallest absolute Gasteiger partial charge is 0.289 e. The molecule has 4 nitrogen and oxygen atoms in total. The Kier molecular flexibility index (Phi) is 3.00. The topological polar surface area (TPSA) is 55.1 Å².